The van der Waals surface area contributed by atoms with Crippen molar-refractivity contribution in [3.05, 3.63) is 71.4 Å². The van der Waals surface area contributed by atoms with E-state index < -0.39 is 64.2 Å². The van der Waals surface area contributed by atoms with Crippen molar-refractivity contribution in [3.8, 4) is 28.3 Å². The number of aromatic nitrogens is 3. The van der Waals surface area contributed by atoms with Gasteiger partial charge in [-0.25, -0.2) is 26.9 Å². The van der Waals surface area contributed by atoms with Crippen LogP contribution >= 0.6 is 0 Å². The van der Waals surface area contributed by atoms with E-state index in [-0.39, 0.29) is 16.9 Å². The summed E-state index contributed by atoms with van der Waals surface area (Å²) in [5.74, 6) is -8.14. The molecule has 0 unspecified atom stereocenters. The van der Waals surface area contributed by atoms with Crippen LogP contribution in [-0.4, -0.2) is 25.4 Å². The molecule has 12 heteroatoms. The Labute approximate surface area is 186 Å². The number of fused-ring (bicyclic) bond motifs is 1. The number of hydrogen-bond donors (Lipinski definition) is 1. The first-order chi connectivity index (χ1) is 15.7. The molecule has 4 aromatic rings. The van der Waals surface area contributed by atoms with Gasteiger partial charge in [0.2, 0.25) is 0 Å². The van der Waals surface area contributed by atoms with Gasteiger partial charge in [0.05, 0.1) is 40.8 Å². The van der Waals surface area contributed by atoms with Crippen LogP contribution in [0.1, 0.15) is 18.2 Å². The van der Waals surface area contributed by atoms with E-state index >= 15 is 0 Å². The van der Waals surface area contributed by atoms with Gasteiger partial charge in [0.1, 0.15) is 23.2 Å². The van der Waals surface area contributed by atoms with Crippen LogP contribution in [0, 0.1) is 17.5 Å². The first-order valence-electron chi connectivity index (χ1n) is 9.55. The van der Waals surface area contributed by atoms with Crippen LogP contribution in [0.2, 0.25) is 0 Å². The summed E-state index contributed by atoms with van der Waals surface area (Å²) in [4.78, 5) is 7.91. The van der Waals surface area contributed by atoms with Gasteiger partial charge in [0.25, 0.3) is 5.92 Å². The molecule has 2 aromatic heterocycles. The van der Waals surface area contributed by atoms with E-state index in [1.165, 1.54) is 0 Å². The van der Waals surface area contributed by atoms with E-state index in [9.17, 15) is 40.2 Å². The molecule has 4 nitrogen and oxygen atoms in total. The maximum atomic E-state index is 14.7. The molecule has 0 bridgehead atoms. The summed E-state index contributed by atoms with van der Waals surface area (Å²) in [6.07, 6.45) is -3.95. The summed E-state index contributed by atoms with van der Waals surface area (Å²) in [5, 5.41) is 9.44. The first kappa shape index (κ1) is 23.5. The molecular weight excluding hydrogens is 474 g/mol. The zero-order chi connectivity index (χ0) is 25.0. The fourth-order valence-corrected chi connectivity index (χ4v) is 3.52. The normalized spacial score (nSPS) is 12.5. The van der Waals surface area contributed by atoms with Gasteiger partial charge >= 0.3 is 6.18 Å². The smallest absolute Gasteiger partial charge is 0.419 e. The molecule has 0 saturated heterocycles. The molecule has 0 fully saturated rings. The number of phenolic OH excluding ortho intramolecular Hbond substituents is 1. The highest BCUT2D eigenvalue weighted by Crippen LogP contribution is 2.37. The van der Waals surface area contributed by atoms with Crippen LogP contribution in [0.15, 0.2) is 42.7 Å². The van der Waals surface area contributed by atoms with Crippen LogP contribution in [-0.2, 0) is 12.6 Å². The molecule has 34 heavy (non-hydrogen) atoms. The molecule has 2 aromatic carbocycles. The van der Waals surface area contributed by atoms with Gasteiger partial charge < -0.3 is 5.11 Å². The highest BCUT2D eigenvalue weighted by molar-refractivity contribution is 5.71. The minimum absolute atomic E-state index is 0.122. The zero-order valence-corrected chi connectivity index (χ0v) is 17.1. The SMILES string of the molecule is CC(F)(F)Cc1nc2cnc(-c3ccc(F)c(C(F)(F)F)c3)cn2c1-c1c(F)cc(O)cc1F. The minimum atomic E-state index is -5.00. The minimum Gasteiger partial charge on any atom is -0.508 e. The van der Waals surface area contributed by atoms with Crippen LogP contribution in [0.25, 0.3) is 28.2 Å². The fourth-order valence-electron chi connectivity index (χ4n) is 3.52. The highest BCUT2D eigenvalue weighted by atomic mass is 19.4. The molecule has 0 spiro atoms. The maximum absolute atomic E-state index is 14.7. The second-order valence-corrected chi connectivity index (χ2v) is 7.63. The van der Waals surface area contributed by atoms with Crippen molar-refractivity contribution in [1.82, 2.24) is 14.4 Å². The van der Waals surface area contributed by atoms with Gasteiger partial charge in [0.15, 0.2) is 5.65 Å². The second kappa shape index (κ2) is 7.96. The van der Waals surface area contributed by atoms with E-state index in [1.54, 1.807) is 0 Å². The molecule has 0 saturated carbocycles. The van der Waals surface area contributed by atoms with Crippen molar-refractivity contribution in [2.24, 2.45) is 0 Å². The van der Waals surface area contributed by atoms with Crippen LogP contribution in [0.3, 0.4) is 0 Å². The monoisotopic (exact) mass is 487 g/mol. The van der Waals surface area contributed by atoms with Crippen molar-refractivity contribution >= 4 is 5.65 Å². The molecule has 178 valence electrons. The van der Waals surface area contributed by atoms with Crippen LogP contribution in [0.4, 0.5) is 35.1 Å². The van der Waals surface area contributed by atoms with Gasteiger partial charge in [-0.3, -0.25) is 9.38 Å². The molecule has 0 radical (unpaired) electrons. The number of rotatable bonds is 4. The fraction of sp³-hybridized carbons (Fsp3) is 0.182. The topological polar surface area (TPSA) is 50.4 Å². The van der Waals surface area contributed by atoms with Crippen molar-refractivity contribution in [2.75, 3.05) is 0 Å². The Balaban J connectivity index is 1.99. The molecule has 0 aliphatic carbocycles. The lowest BCUT2D eigenvalue weighted by Gasteiger charge is -2.13. The number of phenols is 1. The second-order valence-electron chi connectivity index (χ2n) is 7.63. The molecular formula is C22H13F8N3O. The molecule has 0 aliphatic rings. The summed E-state index contributed by atoms with van der Waals surface area (Å²) in [5.41, 5.74) is -3.67. The summed E-state index contributed by atoms with van der Waals surface area (Å²) in [6, 6.07) is 3.25. The number of hydrogen-bond acceptors (Lipinski definition) is 3. The number of imidazole rings is 1. The quantitative estimate of drug-likeness (QED) is 0.339. The number of benzene rings is 2. The number of nitrogens with zero attached hydrogens (tertiary/aromatic N) is 3. The summed E-state index contributed by atoms with van der Waals surface area (Å²) >= 11 is 0. The lowest BCUT2D eigenvalue weighted by molar-refractivity contribution is -0.139. The third kappa shape index (κ3) is 4.39. The standard InChI is InChI=1S/C22H13F8N3O/c1-21(26,27)7-16-20(19-14(24)5-11(34)6-15(19)25)33-9-17(31-8-18(33)32-16)10-2-3-13(23)12(4-10)22(28,29)30/h2-6,8-9,34H,7H2,1H3. The molecule has 0 aliphatic heterocycles. The average molecular weight is 487 g/mol. The number of aromatic hydroxyl groups is 1. The Morgan fingerprint density at radius 1 is 0.941 bits per heavy atom. The lowest BCUT2D eigenvalue weighted by atomic mass is 10.0. The molecule has 1 N–H and O–H groups in total. The lowest BCUT2D eigenvalue weighted by Crippen LogP contribution is -2.15. The van der Waals surface area contributed by atoms with E-state index in [1.807, 2.05) is 0 Å². The van der Waals surface area contributed by atoms with Crippen molar-refractivity contribution in [3.63, 3.8) is 0 Å². The van der Waals surface area contributed by atoms with Gasteiger partial charge in [-0.1, -0.05) is 0 Å². The van der Waals surface area contributed by atoms with Gasteiger partial charge in [-0.15, -0.1) is 0 Å². The van der Waals surface area contributed by atoms with Crippen molar-refractivity contribution in [1.29, 1.82) is 0 Å². The third-order valence-corrected chi connectivity index (χ3v) is 4.89. The Bertz CT molecular complexity index is 1380. The van der Waals surface area contributed by atoms with E-state index in [2.05, 4.69) is 9.97 Å². The average Bonchev–Trinajstić information content (AvgIpc) is 3.02. The summed E-state index contributed by atoms with van der Waals surface area (Å²) in [7, 11) is 0. The van der Waals surface area contributed by atoms with Gasteiger partial charge in [-0.05, 0) is 25.1 Å². The molecule has 2 heterocycles. The largest absolute Gasteiger partial charge is 0.508 e. The maximum Gasteiger partial charge on any atom is 0.419 e. The zero-order valence-electron chi connectivity index (χ0n) is 17.1. The van der Waals surface area contributed by atoms with Crippen molar-refractivity contribution < 1.29 is 40.2 Å². The van der Waals surface area contributed by atoms with Gasteiger partial charge in [0, 0.05) is 23.9 Å². The summed E-state index contributed by atoms with van der Waals surface area (Å²) in [6.45, 7) is 0.575. The Morgan fingerprint density at radius 3 is 2.18 bits per heavy atom. The molecule has 0 atom stereocenters. The van der Waals surface area contributed by atoms with Crippen LogP contribution < -0.4 is 0 Å². The van der Waals surface area contributed by atoms with E-state index in [4.69, 9.17) is 0 Å². The predicted molar refractivity (Wildman–Crippen MR) is 105 cm³/mol. The number of halogens is 8. The molecule has 4 rings (SSSR count). The van der Waals surface area contributed by atoms with E-state index in [0.717, 1.165) is 22.9 Å². The Hall–Kier alpha value is -3.70. The third-order valence-electron chi connectivity index (χ3n) is 4.89. The first-order valence-corrected chi connectivity index (χ1v) is 9.55. The van der Waals surface area contributed by atoms with Gasteiger partial charge in [-0.2, -0.15) is 13.2 Å². The van der Waals surface area contributed by atoms with Crippen LogP contribution in [0.5, 0.6) is 5.75 Å². The Morgan fingerprint density at radius 2 is 1.59 bits per heavy atom. The van der Waals surface area contributed by atoms with E-state index in [0.29, 0.717) is 31.2 Å². The molecule has 0 amide bonds. The highest BCUT2D eigenvalue weighted by Gasteiger charge is 2.34. The Kier molecular flexibility index (Phi) is 5.49. The summed E-state index contributed by atoms with van der Waals surface area (Å²) < 4.78 is 111. The van der Waals surface area contributed by atoms with Crippen molar-refractivity contribution in [2.45, 2.75) is 25.4 Å². The predicted octanol–water partition coefficient (Wildman–Crippen LogP) is 6.40. The number of alkyl halides is 5.